The lowest BCUT2D eigenvalue weighted by Crippen LogP contribution is -2.39. The van der Waals surface area contributed by atoms with Gasteiger partial charge in [-0.2, -0.15) is 5.26 Å². The number of nitrogens with zero attached hydrogens (tertiary/aromatic N) is 1. The van der Waals surface area contributed by atoms with Crippen LogP contribution in [0.1, 0.15) is 32.3 Å². The maximum absolute atomic E-state index is 12.1. The van der Waals surface area contributed by atoms with Gasteiger partial charge in [0.25, 0.3) is 0 Å². The van der Waals surface area contributed by atoms with Gasteiger partial charge in [0.2, 0.25) is 0 Å². The number of aliphatic hydroxyl groups is 1. The molecule has 1 rings (SSSR count). The summed E-state index contributed by atoms with van der Waals surface area (Å²) < 4.78 is 24.2. The van der Waals surface area contributed by atoms with Crippen molar-refractivity contribution in [2.45, 2.75) is 37.2 Å². The van der Waals surface area contributed by atoms with Gasteiger partial charge in [0.15, 0.2) is 9.84 Å². The summed E-state index contributed by atoms with van der Waals surface area (Å²) in [4.78, 5) is 0.212. The summed E-state index contributed by atoms with van der Waals surface area (Å²) in [5, 5.41) is 21.6. The number of hydrogen-bond donors (Lipinski definition) is 2. The normalized spacial score (nSPS) is 14.4. The van der Waals surface area contributed by atoms with Gasteiger partial charge in [-0.05, 0) is 37.6 Å². The Bertz CT molecular complexity index is 586. The zero-order chi connectivity index (χ0) is 15.9. The monoisotopic (exact) mass is 310 g/mol. The van der Waals surface area contributed by atoms with Crippen molar-refractivity contribution in [1.82, 2.24) is 5.32 Å². The van der Waals surface area contributed by atoms with Crippen molar-refractivity contribution < 1.29 is 13.5 Å². The zero-order valence-electron chi connectivity index (χ0n) is 12.5. The highest BCUT2D eigenvalue weighted by atomic mass is 32.2. The van der Waals surface area contributed by atoms with Crippen LogP contribution in [0.3, 0.4) is 0 Å². The molecule has 0 aliphatic heterocycles. The number of nitriles is 1. The molecule has 0 aromatic heterocycles. The lowest BCUT2D eigenvalue weighted by Gasteiger charge is -2.23. The Kier molecular flexibility index (Phi) is 6.34. The van der Waals surface area contributed by atoms with Gasteiger partial charge < -0.3 is 10.4 Å². The molecule has 1 unspecified atom stereocenters. The summed E-state index contributed by atoms with van der Waals surface area (Å²) in [7, 11) is -3.37. The van der Waals surface area contributed by atoms with Gasteiger partial charge in [-0.25, -0.2) is 8.42 Å². The molecule has 0 saturated carbocycles. The minimum Gasteiger partial charge on any atom is -0.389 e. The van der Waals surface area contributed by atoms with E-state index in [1.54, 1.807) is 6.92 Å². The van der Waals surface area contributed by atoms with Crippen LogP contribution in [0.25, 0.3) is 0 Å². The third kappa shape index (κ3) is 5.84. The van der Waals surface area contributed by atoms with E-state index in [2.05, 4.69) is 5.32 Å². The summed E-state index contributed by atoms with van der Waals surface area (Å²) in [5.41, 5.74) is -0.379. The third-order valence-corrected chi connectivity index (χ3v) is 4.92. The Morgan fingerprint density at radius 3 is 2.48 bits per heavy atom. The van der Waals surface area contributed by atoms with Crippen molar-refractivity contribution in [3.8, 4) is 6.07 Å². The first-order chi connectivity index (χ1) is 9.80. The van der Waals surface area contributed by atoms with E-state index in [4.69, 9.17) is 5.26 Å². The molecule has 0 heterocycles. The number of nitrogens with one attached hydrogen (secondary N) is 1. The van der Waals surface area contributed by atoms with Gasteiger partial charge in [-0.1, -0.05) is 13.3 Å². The Morgan fingerprint density at radius 2 is 1.95 bits per heavy atom. The lowest BCUT2D eigenvalue weighted by atomic mass is 10.0. The molecule has 1 aromatic rings. The van der Waals surface area contributed by atoms with E-state index in [1.165, 1.54) is 24.3 Å². The smallest absolute Gasteiger partial charge is 0.179 e. The largest absolute Gasteiger partial charge is 0.389 e. The fourth-order valence-corrected chi connectivity index (χ4v) is 3.25. The predicted octanol–water partition coefficient (Wildman–Crippen LogP) is 1.47. The minimum atomic E-state index is -3.37. The second kappa shape index (κ2) is 7.55. The standard InChI is InChI=1S/C15H22N2O3S/c1-3-8-15(2,18)12-17-9-10-21(19,20)14-6-4-13(11-16)5-7-14/h4-7,17-18H,3,8-10,12H2,1-2H3. The van der Waals surface area contributed by atoms with Crippen LogP contribution in [0, 0.1) is 11.3 Å². The van der Waals surface area contributed by atoms with E-state index >= 15 is 0 Å². The fraction of sp³-hybridized carbons (Fsp3) is 0.533. The van der Waals surface area contributed by atoms with Crippen molar-refractivity contribution >= 4 is 9.84 Å². The predicted molar refractivity (Wildman–Crippen MR) is 81.6 cm³/mol. The van der Waals surface area contributed by atoms with Crippen molar-refractivity contribution in [1.29, 1.82) is 5.26 Å². The van der Waals surface area contributed by atoms with Crippen molar-refractivity contribution in [2.75, 3.05) is 18.8 Å². The van der Waals surface area contributed by atoms with E-state index in [9.17, 15) is 13.5 Å². The molecule has 0 spiro atoms. The summed E-state index contributed by atoms with van der Waals surface area (Å²) in [6, 6.07) is 7.83. The second-order valence-corrected chi connectivity index (χ2v) is 7.49. The molecule has 1 aromatic carbocycles. The van der Waals surface area contributed by atoms with Crippen LogP contribution in [0.15, 0.2) is 29.2 Å². The fourth-order valence-electron chi connectivity index (χ4n) is 2.05. The van der Waals surface area contributed by atoms with Crippen molar-refractivity contribution in [3.63, 3.8) is 0 Å². The molecule has 6 heteroatoms. The quantitative estimate of drug-likeness (QED) is 0.710. The third-order valence-electron chi connectivity index (χ3n) is 3.18. The molecule has 0 aliphatic rings. The first kappa shape index (κ1) is 17.6. The summed E-state index contributed by atoms with van der Waals surface area (Å²) >= 11 is 0. The van der Waals surface area contributed by atoms with E-state index in [0.29, 0.717) is 18.5 Å². The molecule has 116 valence electrons. The Labute approximate surface area is 126 Å². The van der Waals surface area contributed by atoms with E-state index < -0.39 is 15.4 Å². The first-order valence-corrected chi connectivity index (χ1v) is 8.62. The summed E-state index contributed by atoms with van der Waals surface area (Å²) in [5.74, 6) is -0.0406. The van der Waals surface area contributed by atoms with E-state index in [-0.39, 0.29) is 17.2 Å². The molecule has 0 fully saturated rings. The van der Waals surface area contributed by atoms with Crippen LogP contribution in [-0.4, -0.2) is 38.0 Å². The lowest BCUT2D eigenvalue weighted by molar-refractivity contribution is 0.0507. The molecule has 0 radical (unpaired) electrons. The van der Waals surface area contributed by atoms with E-state index in [0.717, 1.165) is 6.42 Å². The van der Waals surface area contributed by atoms with E-state index in [1.807, 2.05) is 13.0 Å². The highest BCUT2D eigenvalue weighted by molar-refractivity contribution is 7.91. The van der Waals surface area contributed by atoms with Crippen LogP contribution in [0.2, 0.25) is 0 Å². The maximum Gasteiger partial charge on any atom is 0.179 e. The topological polar surface area (TPSA) is 90.2 Å². The molecule has 0 aliphatic carbocycles. The number of benzene rings is 1. The van der Waals surface area contributed by atoms with Crippen LogP contribution < -0.4 is 5.32 Å². The Morgan fingerprint density at radius 1 is 1.33 bits per heavy atom. The highest BCUT2D eigenvalue weighted by Crippen LogP contribution is 2.12. The molecule has 1 atom stereocenters. The van der Waals surface area contributed by atoms with Gasteiger partial charge in [0.05, 0.1) is 27.9 Å². The maximum atomic E-state index is 12.1. The summed E-state index contributed by atoms with van der Waals surface area (Å²) in [6.07, 6.45) is 1.54. The molecule has 0 amide bonds. The number of hydrogen-bond acceptors (Lipinski definition) is 5. The zero-order valence-corrected chi connectivity index (χ0v) is 13.3. The molecule has 0 saturated heterocycles. The van der Waals surface area contributed by atoms with Gasteiger partial charge in [0.1, 0.15) is 0 Å². The summed E-state index contributed by atoms with van der Waals surface area (Å²) in [6.45, 7) is 4.37. The molecular weight excluding hydrogens is 288 g/mol. The number of rotatable bonds is 8. The van der Waals surface area contributed by atoms with Crippen LogP contribution in [0.5, 0.6) is 0 Å². The minimum absolute atomic E-state index is 0.0406. The molecule has 2 N–H and O–H groups in total. The number of sulfone groups is 1. The van der Waals surface area contributed by atoms with Crippen LogP contribution in [-0.2, 0) is 9.84 Å². The average Bonchev–Trinajstić information content (AvgIpc) is 2.44. The molecule has 21 heavy (non-hydrogen) atoms. The second-order valence-electron chi connectivity index (χ2n) is 5.38. The first-order valence-electron chi connectivity index (χ1n) is 6.97. The highest BCUT2D eigenvalue weighted by Gasteiger charge is 2.19. The van der Waals surface area contributed by atoms with Gasteiger partial charge >= 0.3 is 0 Å². The van der Waals surface area contributed by atoms with Crippen LogP contribution >= 0.6 is 0 Å². The van der Waals surface area contributed by atoms with Crippen LogP contribution in [0.4, 0.5) is 0 Å². The Balaban J connectivity index is 2.52. The van der Waals surface area contributed by atoms with Gasteiger partial charge in [0, 0.05) is 13.1 Å². The molecular formula is C15H22N2O3S. The van der Waals surface area contributed by atoms with Gasteiger partial charge in [-0.15, -0.1) is 0 Å². The average molecular weight is 310 g/mol. The molecule has 0 bridgehead atoms. The van der Waals surface area contributed by atoms with Crippen molar-refractivity contribution in [2.24, 2.45) is 0 Å². The SMILES string of the molecule is CCCC(C)(O)CNCCS(=O)(=O)c1ccc(C#N)cc1. The van der Waals surface area contributed by atoms with Crippen molar-refractivity contribution in [3.05, 3.63) is 29.8 Å². The van der Waals surface area contributed by atoms with Gasteiger partial charge in [-0.3, -0.25) is 0 Å². The molecule has 5 nitrogen and oxygen atoms in total. The Hall–Kier alpha value is -1.42.